The number of aliphatic hydroxyl groups is 1. The highest BCUT2D eigenvalue weighted by atomic mass is 32.1. The van der Waals surface area contributed by atoms with Gasteiger partial charge in [0.2, 0.25) is 0 Å². The molecule has 0 aliphatic heterocycles. The van der Waals surface area contributed by atoms with Gasteiger partial charge >= 0.3 is 0 Å². The van der Waals surface area contributed by atoms with Crippen molar-refractivity contribution in [3.05, 3.63) is 21.9 Å². The van der Waals surface area contributed by atoms with Crippen LogP contribution in [0.15, 0.2) is 11.4 Å². The largest absolute Gasteiger partial charge is 0.395 e. The van der Waals surface area contributed by atoms with Crippen molar-refractivity contribution in [1.82, 2.24) is 4.90 Å². The Labute approximate surface area is 120 Å². The minimum atomic E-state index is 0.0875. The van der Waals surface area contributed by atoms with E-state index in [0.717, 1.165) is 6.54 Å². The van der Waals surface area contributed by atoms with Gasteiger partial charge in [0.1, 0.15) is 0 Å². The van der Waals surface area contributed by atoms with Gasteiger partial charge in [-0.15, -0.1) is 11.3 Å². The number of aryl methyl sites for hydroxylation is 1. The number of hydrogen-bond donors (Lipinski definition) is 2. The van der Waals surface area contributed by atoms with Crippen LogP contribution in [0.3, 0.4) is 0 Å². The molecule has 3 N–H and O–H groups in total. The maximum Gasteiger partial charge on any atom is 0.0596 e. The first-order valence-corrected chi connectivity index (χ1v) is 8.19. The number of nitrogens with two attached hydrogens (primary N) is 1. The molecule has 1 aliphatic carbocycles. The average molecular weight is 282 g/mol. The Bertz CT molecular complexity index is 385. The van der Waals surface area contributed by atoms with Crippen LogP contribution in [-0.4, -0.2) is 35.2 Å². The molecule has 1 heterocycles. The molecule has 1 aliphatic rings. The van der Waals surface area contributed by atoms with Crippen molar-refractivity contribution in [2.24, 2.45) is 5.73 Å². The molecule has 19 heavy (non-hydrogen) atoms. The standard InChI is InChI=1S/C15H26N2OS/c1-11-7-10-19-15(11)14(12(2)16)17(8-9-18)13-5-3-4-6-13/h7,10,12-14,18H,3-6,8-9,16H2,1-2H3. The Morgan fingerprint density at radius 2 is 2.16 bits per heavy atom. The highest BCUT2D eigenvalue weighted by molar-refractivity contribution is 7.10. The van der Waals surface area contributed by atoms with Gasteiger partial charge in [-0.3, -0.25) is 4.90 Å². The lowest BCUT2D eigenvalue weighted by Crippen LogP contribution is -2.45. The molecule has 0 bridgehead atoms. The minimum absolute atomic E-state index is 0.0875. The molecule has 2 atom stereocenters. The predicted molar refractivity (Wildman–Crippen MR) is 81.5 cm³/mol. The van der Waals surface area contributed by atoms with Gasteiger partial charge in [-0.05, 0) is 43.7 Å². The van der Waals surface area contributed by atoms with Crippen molar-refractivity contribution in [3.63, 3.8) is 0 Å². The molecule has 0 spiro atoms. The van der Waals surface area contributed by atoms with Gasteiger partial charge in [-0.2, -0.15) is 0 Å². The lowest BCUT2D eigenvalue weighted by molar-refractivity contribution is 0.0937. The third kappa shape index (κ3) is 3.37. The van der Waals surface area contributed by atoms with Crippen molar-refractivity contribution >= 4 is 11.3 Å². The summed E-state index contributed by atoms with van der Waals surface area (Å²) >= 11 is 1.80. The molecule has 0 radical (unpaired) electrons. The minimum Gasteiger partial charge on any atom is -0.395 e. The zero-order valence-electron chi connectivity index (χ0n) is 12.0. The van der Waals surface area contributed by atoms with Gasteiger partial charge < -0.3 is 10.8 Å². The van der Waals surface area contributed by atoms with Crippen LogP contribution in [0, 0.1) is 6.92 Å². The topological polar surface area (TPSA) is 49.5 Å². The van der Waals surface area contributed by atoms with E-state index in [4.69, 9.17) is 5.73 Å². The normalized spacial score (nSPS) is 20.1. The zero-order valence-corrected chi connectivity index (χ0v) is 12.8. The van der Waals surface area contributed by atoms with E-state index in [1.165, 1.54) is 36.1 Å². The van der Waals surface area contributed by atoms with E-state index >= 15 is 0 Å². The van der Waals surface area contributed by atoms with Crippen LogP contribution in [0.5, 0.6) is 0 Å². The third-order valence-electron chi connectivity index (χ3n) is 4.18. The van der Waals surface area contributed by atoms with Crippen LogP contribution >= 0.6 is 11.3 Å². The Hall–Kier alpha value is -0.420. The van der Waals surface area contributed by atoms with E-state index in [1.54, 1.807) is 11.3 Å². The second-order valence-corrected chi connectivity index (χ2v) is 6.62. The molecule has 0 saturated heterocycles. The Morgan fingerprint density at radius 3 is 2.63 bits per heavy atom. The molecule has 1 saturated carbocycles. The van der Waals surface area contributed by atoms with Crippen molar-refractivity contribution in [3.8, 4) is 0 Å². The highest BCUT2D eigenvalue weighted by Gasteiger charge is 2.32. The summed E-state index contributed by atoms with van der Waals surface area (Å²) in [6.45, 7) is 5.19. The first-order chi connectivity index (χ1) is 9.15. The fourth-order valence-electron chi connectivity index (χ4n) is 3.28. The number of aliphatic hydroxyl groups excluding tert-OH is 1. The molecular weight excluding hydrogens is 256 g/mol. The molecule has 3 nitrogen and oxygen atoms in total. The van der Waals surface area contributed by atoms with Gasteiger partial charge in [0, 0.05) is 23.5 Å². The molecule has 4 heteroatoms. The summed E-state index contributed by atoms with van der Waals surface area (Å²) in [5, 5.41) is 11.6. The molecule has 0 amide bonds. The van der Waals surface area contributed by atoms with Crippen LogP contribution in [-0.2, 0) is 0 Å². The Morgan fingerprint density at radius 1 is 1.47 bits per heavy atom. The molecule has 108 valence electrons. The summed E-state index contributed by atoms with van der Waals surface area (Å²) in [5.41, 5.74) is 7.61. The fraction of sp³-hybridized carbons (Fsp3) is 0.733. The van der Waals surface area contributed by atoms with Gasteiger partial charge in [-0.1, -0.05) is 12.8 Å². The summed E-state index contributed by atoms with van der Waals surface area (Å²) in [6, 6.07) is 3.09. The molecule has 1 aromatic heterocycles. The molecule has 0 aromatic carbocycles. The number of rotatable bonds is 6. The lowest BCUT2D eigenvalue weighted by Gasteiger charge is -2.38. The summed E-state index contributed by atoms with van der Waals surface area (Å²) in [7, 11) is 0. The number of hydrogen-bond acceptors (Lipinski definition) is 4. The maximum atomic E-state index is 9.42. The van der Waals surface area contributed by atoms with Crippen molar-refractivity contribution in [2.45, 2.75) is 57.7 Å². The quantitative estimate of drug-likeness (QED) is 0.843. The van der Waals surface area contributed by atoms with Gasteiger partial charge in [0.05, 0.1) is 12.6 Å². The zero-order chi connectivity index (χ0) is 13.8. The summed E-state index contributed by atoms with van der Waals surface area (Å²) in [4.78, 5) is 3.83. The third-order valence-corrected chi connectivity index (χ3v) is 5.27. The molecular formula is C15H26N2OS. The van der Waals surface area contributed by atoms with Crippen molar-refractivity contribution < 1.29 is 5.11 Å². The maximum absolute atomic E-state index is 9.42. The van der Waals surface area contributed by atoms with Crippen LogP contribution in [0.4, 0.5) is 0 Å². The fourth-order valence-corrected chi connectivity index (χ4v) is 4.44. The van der Waals surface area contributed by atoms with E-state index in [-0.39, 0.29) is 18.7 Å². The van der Waals surface area contributed by atoms with Crippen LogP contribution < -0.4 is 5.73 Å². The monoisotopic (exact) mass is 282 g/mol. The average Bonchev–Trinajstić information content (AvgIpc) is 3.00. The summed E-state index contributed by atoms with van der Waals surface area (Å²) < 4.78 is 0. The van der Waals surface area contributed by atoms with E-state index < -0.39 is 0 Å². The van der Waals surface area contributed by atoms with Crippen molar-refractivity contribution in [2.75, 3.05) is 13.2 Å². The second-order valence-electron chi connectivity index (χ2n) is 5.67. The van der Waals surface area contributed by atoms with Gasteiger partial charge in [0.15, 0.2) is 0 Å². The molecule has 1 aromatic rings. The SMILES string of the molecule is Cc1ccsc1C(C(C)N)N(CCO)C1CCCC1. The number of nitrogens with zero attached hydrogens (tertiary/aromatic N) is 1. The van der Waals surface area contributed by atoms with Crippen LogP contribution in [0.25, 0.3) is 0 Å². The molecule has 1 fully saturated rings. The Balaban J connectivity index is 2.26. The molecule has 2 unspecified atom stereocenters. The Kier molecular flexibility index (Phi) is 5.39. The van der Waals surface area contributed by atoms with E-state index in [1.807, 2.05) is 0 Å². The predicted octanol–water partition coefficient (Wildman–Crippen LogP) is 2.68. The summed E-state index contributed by atoms with van der Waals surface area (Å²) in [6.07, 6.45) is 5.10. The first-order valence-electron chi connectivity index (χ1n) is 7.31. The van der Waals surface area contributed by atoms with Crippen LogP contribution in [0.2, 0.25) is 0 Å². The van der Waals surface area contributed by atoms with Gasteiger partial charge in [0.25, 0.3) is 0 Å². The van der Waals surface area contributed by atoms with Gasteiger partial charge in [-0.25, -0.2) is 0 Å². The highest BCUT2D eigenvalue weighted by Crippen LogP contribution is 2.36. The van der Waals surface area contributed by atoms with E-state index in [9.17, 15) is 5.11 Å². The molecule has 2 rings (SSSR count). The van der Waals surface area contributed by atoms with Crippen molar-refractivity contribution in [1.29, 1.82) is 0 Å². The van der Waals surface area contributed by atoms with E-state index in [0.29, 0.717) is 6.04 Å². The van der Waals surface area contributed by atoms with Crippen LogP contribution in [0.1, 0.15) is 49.1 Å². The van der Waals surface area contributed by atoms with E-state index in [2.05, 4.69) is 30.2 Å². The first kappa shape index (κ1) is 15.0. The lowest BCUT2D eigenvalue weighted by atomic mass is 10.0. The smallest absolute Gasteiger partial charge is 0.0596 e. The summed E-state index contributed by atoms with van der Waals surface area (Å²) in [5.74, 6) is 0. The second kappa shape index (κ2) is 6.84. The number of thiophene rings is 1.